The van der Waals surface area contributed by atoms with E-state index in [1.54, 1.807) is 6.20 Å². The molecule has 1 aliphatic heterocycles. The quantitative estimate of drug-likeness (QED) is 0.859. The molecule has 1 aliphatic rings. The highest BCUT2D eigenvalue weighted by Crippen LogP contribution is 2.25. The fraction of sp³-hybridized carbons (Fsp3) is 0.462. The topological polar surface area (TPSA) is 84.1 Å². The van der Waals surface area contributed by atoms with Gasteiger partial charge in [-0.25, -0.2) is 0 Å². The van der Waals surface area contributed by atoms with Crippen molar-refractivity contribution in [2.24, 2.45) is 0 Å². The number of aliphatic hydroxyl groups is 1. The van der Waals surface area contributed by atoms with Crippen LogP contribution in [-0.2, 0) is 6.42 Å². The fourth-order valence-corrected chi connectivity index (χ4v) is 2.30. The molecule has 2 aromatic rings. The molecule has 2 N–H and O–H groups in total. The molecule has 0 bridgehead atoms. The molecule has 1 saturated heterocycles. The Labute approximate surface area is 110 Å². The van der Waals surface area contributed by atoms with Gasteiger partial charge in [-0.1, -0.05) is 18.1 Å². The molecule has 0 radical (unpaired) electrons. The predicted octanol–water partition coefficient (Wildman–Crippen LogP) is 1.09. The smallest absolute Gasteiger partial charge is 0.244 e. The van der Waals surface area contributed by atoms with Crippen LogP contribution < -0.4 is 5.32 Å². The van der Waals surface area contributed by atoms with E-state index in [1.807, 2.05) is 12.1 Å². The zero-order valence-corrected chi connectivity index (χ0v) is 10.7. The monoisotopic (exact) mass is 260 g/mol. The molecule has 100 valence electrons. The highest BCUT2D eigenvalue weighted by molar-refractivity contribution is 5.53. The summed E-state index contributed by atoms with van der Waals surface area (Å²) in [5.41, 5.74) is 1.85. The molecule has 0 aliphatic carbocycles. The minimum Gasteiger partial charge on any atom is -0.392 e. The Morgan fingerprint density at radius 2 is 2.42 bits per heavy atom. The second kappa shape index (κ2) is 5.07. The van der Waals surface area contributed by atoms with E-state index in [9.17, 15) is 5.11 Å². The van der Waals surface area contributed by atoms with Gasteiger partial charge in [-0.05, 0) is 24.5 Å². The van der Waals surface area contributed by atoms with E-state index in [1.165, 1.54) is 0 Å². The number of aromatic nitrogens is 3. The molecule has 0 aromatic carbocycles. The van der Waals surface area contributed by atoms with Crippen molar-refractivity contribution in [3.05, 3.63) is 29.8 Å². The number of nitrogens with one attached hydrogen (secondary N) is 1. The van der Waals surface area contributed by atoms with Crippen LogP contribution in [0, 0.1) is 0 Å². The largest absolute Gasteiger partial charge is 0.392 e. The third-order valence-corrected chi connectivity index (χ3v) is 3.33. The Kier molecular flexibility index (Phi) is 3.27. The van der Waals surface area contributed by atoms with Crippen molar-refractivity contribution in [2.45, 2.75) is 31.9 Å². The number of hydrogen-bond donors (Lipinski definition) is 2. The summed E-state index contributed by atoms with van der Waals surface area (Å²) in [4.78, 5) is 8.71. The number of aryl methyl sites for hydroxylation is 1. The van der Waals surface area contributed by atoms with Crippen LogP contribution in [0.5, 0.6) is 0 Å². The maximum absolute atomic E-state index is 9.50. The summed E-state index contributed by atoms with van der Waals surface area (Å²) in [5.74, 6) is 1.02. The maximum atomic E-state index is 9.50. The lowest BCUT2D eigenvalue weighted by molar-refractivity contribution is 0.191. The zero-order valence-electron chi connectivity index (χ0n) is 10.7. The van der Waals surface area contributed by atoms with E-state index in [4.69, 9.17) is 4.52 Å². The first-order chi connectivity index (χ1) is 9.28. The van der Waals surface area contributed by atoms with Gasteiger partial charge in [-0.15, -0.1) is 0 Å². The Morgan fingerprint density at radius 3 is 3.16 bits per heavy atom. The van der Waals surface area contributed by atoms with Crippen LogP contribution in [0.4, 0.5) is 0 Å². The molecule has 1 unspecified atom stereocenters. The van der Waals surface area contributed by atoms with Gasteiger partial charge in [-0.3, -0.25) is 4.98 Å². The average molecular weight is 260 g/mol. The SMILES string of the molecule is CCc1cccnc1-c1noc([C@@H]2CC(O)CN2)n1. The number of β-amino-alcohol motifs (C(OH)–C–C–N with tert-alkyl or cyclic N) is 1. The van der Waals surface area contributed by atoms with Gasteiger partial charge in [0, 0.05) is 12.7 Å². The molecule has 19 heavy (non-hydrogen) atoms. The molecule has 3 rings (SSSR count). The summed E-state index contributed by atoms with van der Waals surface area (Å²) >= 11 is 0. The molecule has 0 amide bonds. The molecule has 0 saturated carbocycles. The van der Waals surface area contributed by atoms with Crippen LogP contribution in [0.3, 0.4) is 0 Å². The van der Waals surface area contributed by atoms with E-state index in [0.717, 1.165) is 17.7 Å². The van der Waals surface area contributed by atoms with E-state index < -0.39 is 0 Å². The molecule has 0 spiro atoms. The second-order valence-corrected chi connectivity index (χ2v) is 4.67. The molecule has 2 aromatic heterocycles. The molecule has 1 fully saturated rings. The highest BCUT2D eigenvalue weighted by Gasteiger charge is 2.28. The number of pyridine rings is 1. The summed E-state index contributed by atoms with van der Waals surface area (Å²) in [6, 6.07) is 3.85. The lowest BCUT2D eigenvalue weighted by Crippen LogP contribution is -2.15. The van der Waals surface area contributed by atoms with Gasteiger partial charge < -0.3 is 14.9 Å². The first-order valence-corrected chi connectivity index (χ1v) is 6.47. The first-order valence-electron chi connectivity index (χ1n) is 6.47. The summed E-state index contributed by atoms with van der Waals surface area (Å²) < 4.78 is 5.28. The van der Waals surface area contributed by atoms with Gasteiger partial charge >= 0.3 is 0 Å². The van der Waals surface area contributed by atoms with Gasteiger partial charge in [0.2, 0.25) is 11.7 Å². The summed E-state index contributed by atoms with van der Waals surface area (Å²) in [6.07, 6.45) is 2.85. The third-order valence-electron chi connectivity index (χ3n) is 3.33. The summed E-state index contributed by atoms with van der Waals surface area (Å²) in [6.45, 7) is 2.63. The number of nitrogens with zero attached hydrogens (tertiary/aromatic N) is 3. The minimum atomic E-state index is -0.346. The van der Waals surface area contributed by atoms with Crippen LogP contribution in [-0.4, -0.2) is 32.9 Å². The standard InChI is InChI=1S/C13H16N4O2/c1-2-8-4-3-5-14-11(8)12-16-13(19-17-12)10-6-9(18)7-15-10/h3-5,9-10,15,18H,2,6-7H2,1H3/t9?,10-/m0/s1. The van der Waals surface area contributed by atoms with Crippen molar-refractivity contribution >= 4 is 0 Å². The predicted molar refractivity (Wildman–Crippen MR) is 68.3 cm³/mol. The van der Waals surface area contributed by atoms with Crippen molar-refractivity contribution < 1.29 is 9.63 Å². The minimum absolute atomic E-state index is 0.0648. The van der Waals surface area contributed by atoms with Gasteiger partial charge in [0.25, 0.3) is 0 Å². The lowest BCUT2D eigenvalue weighted by atomic mass is 10.1. The van der Waals surface area contributed by atoms with Crippen LogP contribution in [0.25, 0.3) is 11.5 Å². The van der Waals surface area contributed by atoms with Gasteiger partial charge in [0.05, 0.1) is 12.1 Å². The molecular formula is C13H16N4O2. The molecular weight excluding hydrogens is 244 g/mol. The second-order valence-electron chi connectivity index (χ2n) is 4.67. The molecule has 2 atom stereocenters. The Balaban J connectivity index is 1.88. The highest BCUT2D eigenvalue weighted by atomic mass is 16.5. The Hall–Kier alpha value is -1.79. The van der Waals surface area contributed by atoms with E-state index in [0.29, 0.717) is 24.7 Å². The van der Waals surface area contributed by atoms with E-state index >= 15 is 0 Å². The fourth-order valence-electron chi connectivity index (χ4n) is 2.30. The van der Waals surface area contributed by atoms with E-state index in [-0.39, 0.29) is 12.1 Å². The Bertz CT molecular complexity index is 569. The van der Waals surface area contributed by atoms with Crippen LogP contribution in [0.15, 0.2) is 22.9 Å². The van der Waals surface area contributed by atoms with Gasteiger partial charge in [-0.2, -0.15) is 4.98 Å². The van der Waals surface area contributed by atoms with Crippen molar-refractivity contribution in [2.75, 3.05) is 6.54 Å². The van der Waals surface area contributed by atoms with Crippen LogP contribution >= 0.6 is 0 Å². The van der Waals surface area contributed by atoms with Crippen LogP contribution in [0.1, 0.15) is 30.8 Å². The van der Waals surface area contributed by atoms with Crippen molar-refractivity contribution in [3.8, 4) is 11.5 Å². The number of rotatable bonds is 3. The Morgan fingerprint density at radius 1 is 1.53 bits per heavy atom. The van der Waals surface area contributed by atoms with Crippen molar-refractivity contribution in [1.82, 2.24) is 20.4 Å². The van der Waals surface area contributed by atoms with E-state index in [2.05, 4.69) is 27.4 Å². The summed E-state index contributed by atoms with van der Waals surface area (Å²) in [5, 5.41) is 16.6. The number of hydrogen-bond acceptors (Lipinski definition) is 6. The number of aliphatic hydroxyl groups excluding tert-OH is 1. The molecule has 3 heterocycles. The van der Waals surface area contributed by atoms with Gasteiger partial charge in [0.15, 0.2) is 0 Å². The first kappa shape index (κ1) is 12.3. The average Bonchev–Trinajstić information content (AvgIpc) is 3.07. The molecule has 6 heteroatoms. The lowest BCUT2D eigenvalue weighted by Gasteiger charge is -2.02. The van der Waals surface area contributed by atoms with Crippen molar-refractivity contribution in [3.63, 3.8) is 0 Å². The maximum Gasteiger partial charge on any atom is 0.244 e. The molecule has 6 nitrogen and oxygen atoms in total. The summed E-state index contributed by atoms with van der Waals surface area (Å²) in [7, 11) is 0. The van der Waals surface area contributed by atoms with Crippen LogP contribution in [0.2, 0.25) is 0 Å². The van der Waals surface area contributed by atoms with Gasteiger partial charge in [0.1, 0.15) is 5.69 Å². The van der Waals surface area contributed by atoms with Crippen molar-refractivity contribution in [1.29, 1.82) is 0 Å². The normalized spacial score (nSPS) is 22.8. The zero-order chi connectivity index (χ0) is 13.2. The third kappa shape index (κ3) is 2.36.